The minimum Gasteiger partial charge on any atom is -0.456 e. The number of ether oxygens (including phenoxy) is 1. The van der Waals surface area contributed by atoms with Gasteiger partial charge in [-0.3, -0.25) is 0 Å². The van der Waals surface area contributed by atoms with Crippen LogP contribution in [0.1, 0.15) is 69.3 Å². The van der Waals surface area contributed by atoms with E-state index in [0.717, 1.165) is 5.92 Å². The van der Waals surface area contributed by atoms with E-state index >= 15 is 0 Å². The first-order chi connectivity index (χ1) is 10.3. The van der Waals surface area contributed by atoms with Gasteiger partial charge in [-0.05, 0) is 76.0 Å². The van der Waals surface area contributed by atoms with Crippen LogP contribution in [0.3, 0.4) is 0 Å². The molecule has 0 spiro atoms. The second-order valence-electron chi connectivity index (χ2n) is 7.50. The van der Waals surface area contributed by atoms with Gasteiger partial charge in [-0.15, -0.1) is 0 Å². The van der Waals surface area contributed by atoms with Crippen LogP contribution in [0.25, 0.3) is 0 Å². The molecule has 2 nitrogen and oxygen atoms in total. The van der Waals surface area contributed by atoms with Crippen molar-refractivity contribution in [3.63, 3.8) is 0 Å². The molecule has 2 heteroatoms. The van der Waals surface area contributed by atoms with Crippen molar-refractivity contribution in [2.75, 3.05) is 0 Å². The third kappa shape index (κ3) is 4.22. The Morgan fingerprint density at radius 1 is 1.18 bits per heavy atom. The van der Waals surface area contributed by atoms with Gasteiger partial charge in [0.25, 0.3) is 0 Å². The topological polar surface area (TPSA) is 26.3 Å². The average Bonchev–Trinajstić information content (AvgIpc) is 2.78. The molecule has 1 fully saturated rings. The molecule has 2 rings (SSSR count). The van der Waals surface area contributed by atoms with E-state index < -0.39 is 5.60 Å². The van der Waals surface area contributed by atoms with Gasteiger partial charge < -0.3 is 4.74 Å². The first-order valence-corrected chi connectivity index (χ1v) is 8.26. The highest BCUT2D eigenvalue weighted by atomic mass is 16.6. The Bertz CT molecular complexity index is 534. The fourth-order valence-corrected chi connectivity index (χ4v) is 3.38. The SMILES string of the molecule is C/C=C/C1CC(C)CC1c1ccc(C(=O)OC(C)(C)C)cc1. The minimum atomic E-state index is -0.451. The van der Waals surface area contributed by atoms with Crippen molar-refractivity contribution in [1.29, 1.82) is 0 Å². The summed E-state index contributed by atoms with van der Waals surface area (Å²) in [7, 11) is 0. The highest BCUT2D eigenvalue weighted by molar-refractivity contribution is 5.89. The fraction of sp³-hybridized carbons (Fsp3) is 0.550. The van der Waals surface area contributed by atoms with Gasteiger partial charge in [-0.2, -0.15) is 0 Å². The van der Waals surface area contributed by atoms with E-state index in [0.29, 0.717) is 17.4 Å². The molecule has 0 amide bonds. The van der Waals surface area contributed by atoms with E-state index in [-0.39, 0.29) is 5.97 Å². The van der Waals surface area contributed by atoms with Gasteiger partial charge in [0.15, 0.2) is 0 Å². The van der Waals surface area contributed by atoms with Gasteiger partial charge in [-0.25, -0.2) is 4.79 Å². The molecular formula is C20H28O2. The number of esters is 1. The van der Waals surface area contributed by atoms with Crippen molar-refractivity contribution < 1.29 is 9.53 Å². The number of carbonyl (C=O) groups excluding carboxylic acids is 1. The molecule has 0 aliphatic heterocycles. The summed E-state index contributed by atoms with van der Waals surface area (Å²) in [5.74, 6) is 1.70. The molecule has 1 aromatic carbocycles. The van der Waals surface area contributed by atoms with Crippen LogP contribution in [0, 0.1) is 11.8 Å². The summed E-state index contributed by atoms with van der Waals surface area (Å²) in [6.07, 6.45) is 6.96. The molecule has 0 bridgehead atoms. The molecule has 1 aliphatic carbocycles. The maximum atomic E-state index is 12.1. The van der Waals surface area contributed by atoms with Crippen molar-refractivity contribution in [3.05, 3.63) is 47.5 Å². The molecule has 120 valence electrons. The third-order valence-corrected chi connectivity index (χ3v) is 4.26. The van der Waals surface area contributed by atoms with Gasteiger partial charge in [0.1, 0.15) is 5.60 Å². The maximum absolute atomic E-state index is 12.1. The zero-order valence-electron chi connectivity index (χ0n) is 14.4. The van der Waals surface area contributed by atoms with Crippen LogP contribution >= 0.6 is 0 Å². The minimum absolute atomic E-state index is 0.246. The fourth-order valence-electron chi connectivity index (χ4n) is 3.38. The molecular weight excluding hydrogens is 272 g/mol. The molecule has 0 heterocycles. The Kier molecular flexibility index (Phi) is 5.10. The van der Waals surface area contributed by atoms with Crippen LogP contribution < -0.4 is 0 Å². The quantitative estimate of drug-likeness (QED) is 0.556. The Labute approximate surface area is 134 Å². The normalized spacial score (nSPS) is 25.6. The molecule has 0 radical (unpaired) electrons. The van der Waals surface area contributed by atoms with Crippen molar-refractivity contribution in [2.24, 2.45) is 11.8 Å². The predicted octanol–water partition coefficient (Wildman–Crippen LogP) is 5.35. The van der Waals surface area contributed by atoms with E-state index in [1.807, 2.05) is 32.9 Å². The summed E-state index contributed by atoms with van der Waals surface area (Å²) in [6, 6.07) is 8.00. The summed E-state index contributed by atoms with van der Waals surface area (Å²) in [6.45, 7) is 10.1. The highest BCUT2D eigenvalue weighted by Crippen LogP contribution is 2.43. The summed E-state index contributed by atoms with van der Waals surface area (Å²) in [5.41, 5.74) is 1.51. The standard InChI is InChI=1S/C20H28O2/c1-6-7-17-12-14(2)13-18(17)15-8-10-16(11-9-15)19(21)22-20(3,4)5/h6-11,14,17-18H,12-13H2,1-5H3/b7-6+. The smallest absolute Gasteiger partial charge is 0.338 e. The van der Waals surface area contributed by atoms with Gasteiger partial charge in [0, 0.05) is 0 Å². The van der Waals surface area contributed by atoms with Gasteiger partial charge in [0.05, 0.1) is 5.56 Å². The van der Waals surface area contributed by atoms with Crippen molar-refractivity contribution in [2.45, 2.75) is 59.0 Å². The number of carbonyl (C=O) groups is 1. The monoisotopic (exact) mass is 300 g/mol. The molecule has 1 aromatic rings. The van der Waals surface area contributed by atoms with Crippen molar-refractivity contribution in [3.8, 4) is 0 Å². The second kappa shape index (κ2) is 6.68. The molecule has 0 aromatic heterocycles. The molecule has 3 unspecified atom stereocenters. The van der Waals surface area contributed by atoms with E-state index in [9.17, 15) is 4.79 Å². The lowest BCUT2D eigenvalue weighted by Crippen LogP contribution is -2.23. The summed E-state index contributed by atoms with van der Waals surface area (Å²) in [4.78, 5) is 12.1. The van der Waals surface area contributed by atoms with Gasteiger partial charge >= 0.3 is 5.97 Å². The zero-order valence-corrected chi connectivity index (χ0v) is 14.4. The van der Waals surface area contributed by atoms with Crippen LogP contribution in [-0.4, -0.2) is 11.6 Å². The first-order valence-electron chi connectivity index (χ1n) is 8.26. The first kappa shape index (κ1) is 16.8. The number of hydrogen-bond acceptors (Lipinski definition) is 2. The van der Waals surface area contributed by atoms with Crippen LogP contribution in [0.4, 0.5) is 0 Å². The van der Waals surface area contributed by atoms with Crippen LogP contribution in [0.5, 0.6) is 0 Å². The third-order valence-electron chi connectivity index (χ3n) is 4.26. The molecule has 0 N–H and O–H groups in total. The molecule has 0 saturated heterocycles. The largest absolute Gasteiger partial charge is 0.456 e. The highest BCUT2D eigenvalue weighted by Gasteiger charge is 2.31. The lowest BCUT2D eigenvalue weighted by Gasteiger charge is -2.20. The van der Waals surface area contributed by atoms with Crippen molar-refractivity contribution in [1.82, 2.24) is 0 Å². The number of rotatable bonds is 3. The Hall–Kier alpha value is -1.57. The number of allylic oxidation sites excluding steroid dienone is 2. The molecule has 22 heavy (non-hydrogen) atoms. The number of benzene rings is 1. The lowest BCUT2D eigenvalue weighted by atomic mass is 9.88. The Balaban J connectivity index is 2.13. The summed E-state index contributed by atoms with van der Waals surface area (Å²) < 4.78 is 5.42. The predicted molar refractivity (Wildman–Crippen MR) is 91.1 cm³/mol. The van der Waals surface area contributed by atoms with Gasteiger partial charge in [0.2, 0.25) is 0 Å². The molecule has 1 aliphatic rings. The van der Waals surface area contributed by atoms with Crippen LogP contribution in [0.2, 0.25) is 0 Å². The Morgan fingerprint density at radius 2 is 1.82 bits per heavy atom. The zero-order chi connectivity index (χ0) is 16.3. The lowest BCUT2D eigenvalue weighted by molar-refractivity contribution is 0.00695. The van der Waals surface area contributed by atoms with Crippen LogP contribution in [-0.2, 0) is 4.74 Å². The number of hydrogen-bond donors (Lipinski definition) is 0. The van der Waals surface area contributed by atoms with E-state index in [1.165, 1.54) is 18.4 Å². The van der Waals surface area contributed by atoms with E-state index in [4.69, 9.17) is 4.74 Å². The summed E-state index contributed by atoms with van der Waals surface area (Å²) >= 11 is 0. The molecule has 3 atom stereocenters. The van der Waals surface area contributed by atoms with Gasteiger partial charge in [-0.1, -0.05) is 31.2 Å². The second-order valence-corrected chi connectivity index (χ2v) is 7.50. The summed E-state index contributed by atoms with van der Waals surface area (Å²) in [5, 5.41) is 0. The maximum Gasteiger partial charge on any atom is 0.338 e. The Morgan fingerprint density at radius 3 is 2.36 bits per heavy atom. The average molecular weight is 300 g/mol. The van der Waals surface area contributed by atoms with E-state index in [2.05, 4.69) is 38.1 Å². The van der Waals surface area contributed by atoms with E-state index in [1.54, 1.807) is 0 Å². The van der Waals surface area contributed by atoms with Crippen LogP contribution in [0.15, 0.2) is 36.4 Å². The van der Waals surface area contributed by atoms with Crippen molar-refractivity contribution >= 4 is 5.97 Å². The molecule has 1 saturated carbocycles.